The molecule has 0 unspecified atom stereocenters. The van der Waals surface area contributed by atoms with Crippen LogP contribution in [0, 0.1) is 58.2 Å². The Hall–Kier alpha value is -4.36. The molecule has 0 aliphatic rings. The van der Waals surface area contributed by atoms with Crippen LogP contribution in [-0.4, -0.2) is 6.92 Å². The fourth-order valence-electron chi connectivity index (χ4n) is 3.34. The third-order valence-electron chi connectivity index (χ3n) is 5.15. The highest BCUT2D eigenvalue weighted by Crippen LogP contribution is 2.30. The van der Waals surface area contributed by atoms with Crippen molar-refractivity contribution >= 4 is 29.2 Å². The van der Waals surface area contributed by atoms with Crippen LogP contribution < -0.4 is 15.6 Å². The maximum absolute atomic E-state index is 14.7. The fraction of sp³-hybridized carbons (Fsp3) is 0. The van der Waals surface area contributed by atoms with Gasteiger partial charge in [-0.05, 0) is 24.3 Å². The molecular weight excluding hydrogens is 533 g/mol. The van der Waals surface area contributed by atoms with Crippen LogP contribution >= 0.6 is 0 Å². The van der Waals surface area contributed by atoms with Crippen LogP contribution in [0.5, 0.6) is 5.75 Å². The Morgan fingerprint density at radius 3 is 1.32 bits per heavy atom. The molecule has 4 aromatic rings. The van der Waals surface area contributed by atoms with Gasteiger partial charge in [0.05, 0.1) is 5.69 Å². The molecule has 0 heterocycles. The van der Waals surface area contributed by atoms with E-state index in [9.17, 15) is 43.9 Å². The molecule has 0 fully saturated rings. The predicted molar refractivity (Wildman–Crippen MR) is 115 cm³/mol. The number of nitrogens with zero attached hydrogens (tertiary/aromatic N) is 2. The lowest BCUT2D eigenvalue weighted by molar-refractivity contribution is 0.379. The van der Waals surface area contributed by atoms with E-state index in [0.717, 1.165) is 6.07 Å². The van der Waals surface area contributed by atoms with E-state index in [1.54, 1.807) is 18.2 Å². The highest BCUT2D eigenvalue weighted by atomic mass is 19.2. The molecule has 0 spiro atoms. The zero-order valence-corrected chi connectivity index (χ0v) is 18.4. The Bertz CT molecular complexity index is 1440. The van der Waals surface area contributed by atoms with Crippen molar-refractivity contribution in [2.75, 3.05) is 0 Å². The summed E-state index contributed by atoms with van der Waals surface area (Å²) in [5, 5.41) is 7.66. The second kappa shape index (κ2) is 10.6. The van der Waals surface area contributed by atoms with E-state index < -0.39 is 81.8 Å². The van der Waals surface area contributed by atoms with Gasteiger partial charge in [0.25, 0.3) is 0 Å². The number of benzene rings is 4. The Morgan fingerprint density at radius 1 is 0.447 bits per heavy atom. The van der Waals surface area contributed by atoms with Gasteiger partial charge in [0, 0.05) is 10.9 Å². The van der Waals surface area contributed by atoms with Crippen molar-refractivity contribution in [1.29, 1.82) is 0 Å². The van der Waals surface area contributed by atoms with Crippen molar-refractivity contribution < 1.29 is 48.6 Å². The van der Waals surface area contributed by atoms with Gasteiger partial charge in [-0.15, -0.1) is 5.11 Å². The molecule has 0 radical (unpaired) electrons. The average molecular weight is 542 g/mol. The van der Waals surface area contributed by atoms with Crippen molar-refractivity contribution in [2.45, 2.75) is 0 Å². The number of halogens is 10. The molecule has 194 valence electrons. The van der Waals surface area contributed by atoms with Gasteiger partial charge in [0.15, 0.2) is 58.2 Å². The van der Waals surface area contributed by atoms with Gasteiger partial charge in [-0.25, -0.2) is 43.9 Å². The van der Waals surface area contributed by atoms with Crippen molar-refractivity contribution in [3.05, 3.63) is 113 Å². The van der Waals surface area contributed by atoms with Gasteiger partial charge in [-0.3, -0.25) is 0 Å². The molecule has 0 bridgehead atoms. The number of hydrogen-bond donors (Lipinski definition) is 0. The first-order valence-electron chi connectivity index (χ1n) is 10.3. The van der Waals surface area contributed by atoms with E-state index >= 15 is 0 Å². The van der Waals surface area contributed by atoms with Crippen molar-refractivity contribution in [2.24, 2.45) is 10.2 Å². The summed E-state index contributed by atoms with van der Waals surface area (Å²) in [6, 6.07) is 12.6. The third-order valence-corrected chi connectivity index (χ3v) is 5.15. The molecule has 0 aliphatic carbocycles. The van der Waals surface area contributed by atoms with Gasteiger partial charge >= 0.3 is 6.92 Å². The quantitative estimate of drug-likeness (QED) is 0.0881. The molecule has 0 saturated heterocycles. The van der Waals surface area contributed by atoms with Crippen molar-refractivity contribution in [3.63, 3.8) is 0 Å². The van der Waals surface area contributed by atoms with Crippen LogP contribution in [0.25, 0.3) is 0 Å². The Kier molecular flexibility index (Phi) is 7.42. The fourth-order valence-corrected chi connectivity index (χ4v) is 3.34. The smallest absolute Gasteiger partial charge is 0.438 e. The SMILES string of the molecule is Fc1c(F)c(F)c(B(Oc2ccccc2N=Nc2ccccc2)c2c(F)c(F)c(F)c(F)c2F)c(F)c1F. The molecule has 4 aromatic carbocycles. The van der Waals surface area contributed by atoms with E-state index in [-0.39, 0.29) is 5.69 Å². The summed E-state index contributed by atoms with van der Waals surface area (Å²) in [6.45, 7) is -3.07. The standard InChI is InChI=1S/C24H9BF10N2O/c26-15-13(16(27)20(31)23(34)19(15)30)25(14-17(28)21(32)24(35)22(33)18(14)29)38-12-9-5-4-8-11(12)37-36-10-6-2-1-3-7-10/h1-9H. The van der Waals surface area contributed by atoms with E-state index in [0.29, 0.717) is 5.69 Å². The van der Waals surface area contributed by atoms with Crippen molar-refractivity contribution in [3.8, 4) is 5.75 Å². The zero-order chi connectivity index (χ0) is 27.7. The second-order valence-corrected chi connectivity index (χ2v) is 7.47. The van der Waals surface area contributed by atoms with E-state index in [1.165, 1.54) is 30.3 Å². The Balaban J connectivity index is 1.97. The van der Waals surface area contributed by atoms with Gasteiger partial charge in [0.1, 0.15) is 11.4 Å². The summed E-state index contributed by atoms with van der Waals surface area (Å²) in [4.78, 5) is 0. The number of azo groups is 1. The van der Waals surface area contributed by atoms with Gasteiger partial charge in [0.2, 0.25) is 0 Å². The van der Waals surface area contributed by atoms with E-state index in [2.05, 4.69) is 10.2 Å². The van der Waals surface area contributed by atoms with Crippen LogP contribution in [0.15, 0.2) is 64.8 Å². The Morgan fingerprint density at radius 2 is 0.842 bits per heavy atom. The first-order valence-corrected chi connectivity index (χ1v) is 10.3. The summed E-state index contributed by atoms with van der Waals surface area (Å²) >= 11 is 0. The molecule has 0 aliphatic heterocycles. The summed E-state index contributed by atoms with van der Waals surface area (Å²) in [7, 11) is 0. The number of rotatable bonds is 6. The lowest BCUT2D eigenvalue weighted by atomic mass is 9.54. The molecule has 0 amide bonds. The number of para-hydroxylation sites is 1. The molecule has 0 aromatic heterocycles. The highest BCUT2D eigenvalue weighted by Gasteiger charge is 2.43. The molecule has 14 heteroatoms. The Labute approximate surface area is 207 Å². The van der Waals surface area contributed by atoms with Crippen LogP contribution in [0.3, 0.4) is 0 Å². The third kappa shape index (κ3) is 4.68. The lowest BCUT2D eigenvalue weighted by Gasteiger charge is -2.21. The summed E-state index contributed by atoms with van der Waals surface area (Å²) in [6.07, 6.45) is 0. The molecule has 38 heavy (non-hydrogen) atoms. The molecule has 0 saturated carbocycles. The van der Waals surface area contributed by atoms with Crippen molar-refractivity contribution in [1.82, 2.24) is 0 Å². The van der Waals surface area contributed by atoms with Gasteiger partial charge in [-0.2, -0.15) is 5.11 Å². The van der Waals surface area contributed by atoms with Crippen LogP contribution in [0.1, 0.15) is 0 Å². The molecule has 0 N–H and O–H groups in total. The minimum absolute atomic E-state index is 0.290. The monoisotopic (exact) mass is 542 g/mol. The normalized spacial score (nSPS) is 11.3. The highest BCUT2D eigenvalue weighted by molar-refractivity contribution is 6.80. The zero-order valence-electron chi connectivity index (χ0n) is 18.4. The predicted octanol–water partition coefficient (Wildman–Crippen LogP) is 6.68. The van der Waals surface area contributed by atoms with E-state index in [4.69, 9.17) is 4.65 Å². The molecule has 3 nitrogen and oxygen atoms in total. The largest absolute Gasteiger partial charge is 0.550 e. The van der Waals surface area contributed by atoms with Gasteiger partial charge in [-0.1, -0.05) is 30.3 Å². The maximum Gasteiger partial charge on any atom is 0.438 e. The first-order chi connectivity index (χ1) is 18.0. The topological polar surface area (TPSA) is 34.0 Å². The second-order valence-electron chi connectivity index (χ2n) is 7.47. The maximum atomic E-state index is 14.7. The van der Waals surface area contributed by atoms with Crippen LogP contribution in [-0.2, 0) is 0 Å². The minimum Gasteiger partial charge on any atom is -0.550 e. The summed E-state index contributed by atoms with van der Waals surface area (Å²) < 4.78 is 147. The number of hydrogen-bond acceptors (Lipinski definition) is 3. The van der Waals surface area contributed by atoms with Crippen LogP contribution in [0.4, 0.5) is 55.3 Å². The summed E-state index contributed by atoms with van der Waals surface area (Å²) in [5.74, 6) is -26.6. The summed E-state index contributed by atoms with van der Waals surface area (Å²) in [5.41, 5.74) is -4.04. The lowest BCUT2D eigenvalue weighted by Crippen LogP contribution is -2.55. The van der Waals surface area contributed by atoms with Crippen LogP contribution in [0.2, 0.25) is 0 Å². The molecule has 0 atom stereocenters. The minimum atomic E-state index is -3.07. The van der Waals surface area contributed by atoms with Gasteiger partial charge < -0.3 is 4.65 Å². The molecule has 4 rings (SSSR count). The average Bonchev–Trinajstić information content (AvgIpc) is 2.93. The first kappa shape index (κ1) is 26.7. The van der Waals surface area contributed by atoms with E-state index in [1.807, 2.05) is 0 Å². The molecular formula is C24H9BF10N2O.